The van der Waals surface area contributed by atoms with Gasteiger partial charge >= 0.3 is 0 Å². The molecule has 160 valence electrons. The third kappa shape index (κ3) is 4.03. The van der Waals surface area contributed by atoms with Crippen LogP contribution < -0.4 is 11.3 Å². The van der Waals surface area contributed by atoms with Gasteiger partial charge in [-0.25, -0.2) is 0 Å². The lowest BCUT2D eigenvalue weighted by Crippen LogP contribution is -2.35. The number of benzene rings is 2. The lowest BCUT2D eigenvalue weighted by molar-refractivity contribution is 0.180. The summed E-state index contributed by atoms with van der Waals surface area (Å²) in [5.41, 5.74) is 11.8. The van der Waals surface area contributed by atoms with Gasteiger partial charge in [0, 0.05) is 23.0 Å². The van der Waals surface area contributed by atoms with Gasteiger partial charge in [0.25, 0.3) is 5.56 Å². The van der Waals surface area contributed by atoms with E-state index in [1.165, 1.54) is 24.0 Å². The Hall–Kier alpha value is -2.89. The zero-order valence-corrected chi connectivity index (χ0v) is 18.1. The summed E-state index contributed by atoms with van der Waals surface area (Å²) in [4.78, 5) is 21.7. The number of fused-ring (bicyclic) bond motifs is 2. The number of aromatic amines is 2. The quantitative estimate of drug-likeness (QED) is 0.453. The fourth-order valence-electron chi connectivity index (χ4n) is 4.74. The highest BCUT2D eigenvalue weighted by atomic mass is 16.1. The second-order valence-electron chi connectivity index (χ2n) is 8.85. The maximum Gasteiger partial charge on any atom is 0.257 e. The first kappa shape index (κ1) is 20.0. The molecule has 1 fully saturated rings. The van der Waals surface area contributed by atoms with Gasteiger partial charge in [-0.05, 0) is 97.7 Å². The lowest BCUT2D eigenvalue weighted by Gasteiger charge is -2.31. The van der Waals surface area contributed by atoms with Crippen molar-refractivity contribution in [1.82, 2.24) is 14.9 Å². The van der Waals surface area contributed by atoms with Gasteiger partial charge in [-0.3, -0.25) is 9.69 Å². The van der Waals surface area contributed by atoms with Crippen LogP contribution in [0, 0.1) is 5.92 Å². The molecule has 5 nitrogen and oxygen atoms in total. The summed E-state index contributed by atoms with van der Waals surface area (Å²) >= 11 is 0. The summed E-state index contributed by atoms with van der Waals surface area (Å²) < 4.78 is 0. The second kappa shape index (κ2) is 8.33. The van der Waals surface area contributed by atoms with E-state index < -0.39 is 0 Å². The third-order valence-corrected chi connectivity index (χ3v) is 6.74. The molecule has 1 saturated heterocycles. The van der Waals surface area contributed by atoms with E-state index in [2.05, 4.69) is 58.2 Å². The number of nitrogens with zero attached hydrogens (tertiary/aromatic N) is 1. The van der Waals surface area contributed by atoms with E-state index >= 15 is 0 Å². The number of rotatable bonds is 5. The maximum atomic E-state index is 12.8. The Bertz CT molecular complexity index is 1280. The van der Waals surface area contributed by atoms with Crippen LogP contribution in [0.1, 0.15) is 30.9 Å². The average Bonchev–Trinajstić information content (AvgIpc) is 3.22. The smallest absolute Gasteiger partial charge is 0.257 e. The minimum atomic E-state index is -0.0636. The summed E-state index contributed by atoms with van der Waals surface area (Å²) in [6, 6.07) is 16.9. The SMILES string of the molecule is CCc1ccc2[nH]c(=O)c(-c3cc4cc(CN5CCC(CN)CC5)ccc4[nH]3)cc2c1. The Morgan fingerprint density at radius 2 is 1.61 bits per heavy atom. The van der Waals surface area contributed by atoms with Crippen LogP contribution in [-0.2, 0) is 13.0 Å². The molecule has 1 aliphatic rings. The first-order valence-corrected chi connectivity index (χ1v) is 11.3. The number of pyridine rings is 1. The predicted molar refractivity (Wildman–Crippen MR) is 128 cm³/mol. The molecule has 5 heteroatoms. The van der Waals surface area contributed by atoms with Crippen molar-refractivity contribution in [3.05, 3.63) is 70.0 Å². The number of hydrogen-bond donors (Lipinski definition) is 3. The van der Waals surface area contributed by atoms with Crippen LogP contribution in [0.15, 0.2) is 53.3 Å². The molecule has 0 spiro atoms. The molecular weight excluding hydrogens is 384 g/mol. The van der Waals surface area contributed by atoms with Crippen molar-refractivity contribution >= 4 is 21.8 Å². The predicted octanol–water partition coefficient (Wildman–Crippen LogP) is 4.41. The Kier molecular flexibility index (Phi) is 5.38. The Morgan fingerprint density at radius 3 is 2.35 bits per heavy atom. The van der Waals surface area contributed by atoms with Crippen molar-refractivity contribution in [2.24, 2.45) is 11.7 Å². The van der Waals surface area contributed by atoms with Crippen molar-refractivity contribution in [2.75, 3.05) is 19.6 Å². The third-order valence-electron chi connectivity index (χ3n) is 6.74. The number of piperidine rings is 1. The van der Waals surface area contributed by atoms with E-state index in [0.717, 1.165) is 60.1 Å². The molecule has 0 aliphatic carbocycles. The van der Waals surface area contributed by atoms with E-state index in [1.54, 1.807) is 0 Å². The number of nitrogens with one attached hydrogen (secondary N) is 2. The van der Waals surface area contributed by atoms with Gasteiger partial charge in [0.15, 0.2) is 0 Å². The fraction of sp³-hybridized carbons (Fsp3) is 0.346. The molecule has 2 aromatic heterocycles. The summed E-state index contributed by atoms with van der Waals surface area (Å²) in [7, 11) is 0. The molecule has 4 aromatic rings. The summed E-state index contributed by atoms with van der Waals surface area (Å²) in [5.74, 6) is 0.680. The minimum Gasteiger partial charge on any atom is -0.354 e. The van der Waals surface area contributed by atoms with E-state index in [0.29, 0.717) is 11.5 Å². The maximum absolute atomic E-state index is 12.8. The monoisotopic (exact) mass is 414 g/mol. The van der Waals surface area contributed by atoms with Gasteiger partial charge in [0.05, 0.1) is 11.3 Å². The van der Waals surface area contributed by atoms with Gasteiger partial charge in [0.1, 0.15) is 0 Å². The summed E-state index contributed by atoms with van der Waals surface area (Å²) in [6.45, 7) is 6.14. The topological polar surface area (TPSA) is 77.9 Å². The van der Waals surface area contributed by atoms with Crippen molar-refractivity contribution in [2.45, 2.75) is 32.7 Å². The van der Waals surface area contributed by atoms with Crippen molar-refractivity contribution in [3.8, 4) is 11.3 Å². The van der Waals surface area contributed by atoms with E-state index in [4.69, 9.17) is 5.73 Å². The number of aromatic nitrogens is 2. The summed E-state index contributed by atoms with van der Waals surface area (Å²) in [5, 5.41) is 2.21. The highest BCUT2D eigenvalue weighted by Crippen LogP contribution is 2.26. The normalized spacial score (nSPS) is 15.8. The number of aryl methyl sites for hydroxylation is 1. The van der Waals surface area contributed by atoms with Crippen LogP contribution in [0.3, 0.4) is 0 Å². The van der Waals surface area contributed by atoms with E-state index in [9.17, 15) is 4.79 Å². The van der Waals surface area contributed by atoms with E-state index in [1.807, 2.05) is 12.1 Å². The fourth-order valence-corrected chi connectivity index (χ4v) is 4.74. The highest BCUT2D eigenvalue weighted by molar-refractivity contribution is 5.89. The van der Waals surface area contributed by atoms with Crippen molar-refractivity contribution < 1.29 is 0 Å². The molecule has 4 N–H and O–H groups in total. The van der Waals surface area contributed by atoms with Crippen LogP contribution in [0.25, 0.3) is 33.1 Å². The molecule has 1 aliphatic heterocycles. The molecule has 0 amide bonds. The molecular formula is C26H30N4O. The first-order valence-electron chi connectivity index (χ1n) is 11.3. The Labute approximate surface area is 182 Å². The standard InChI is InChI=1S/C26H30N4O/c1-2-17-3-5-24-20(11-17)13-22(26(31)29-24)25-14-21-12-19(4-6-23(21)28-25)16-30-9-7-18(15-27)8-10-30/h3-6,11-14,18,28H,2,7-10,15-16,27H2,1H3,(H,29,31). The number of H-pyrrole nitrogens is 2. The molecule has 5 rings (SSSR count). The molecule has 0 saturated carbocycles. The van der Waals surface area contributed by atoms with Gasteiger partial charge < -0.3 is 15.7 Å². The molecule has 3 heterocycles. The van der Waals surface area contributed by atoms with Gasteiger partial charge in [0.2, 0.25) is 0 Å². The first-order chi connectivity index (χ1) is 15.1. The molecule has 0 atom stereocenters. The van der Waals surface area contributed by atoms with Crippen LogP contribution in [0.5, 0.6) is 0 Å². The minimum absolute atomic E-state index is 0.0636. The Balaban J connectivity index is 1.43. The van der Waals surface area contributed by atoms with Crippen molar-refractivity contribution in [1.29, 1.82) is 0 Å². The van der Waals surface area contributed by atoms with Crippen molar-refractivity contribution in [3.63, 3.8) is 0 Å². The number of nitrogens with two attached hydrogens (primary N) is 1. The molecule has 0 unspecified atom stereocenters. The van der Waals surface area contributed by atoms with Crippen LogP contribution in [-0.4, -0.2) is 34.5 Å². The second-order valence-corrected chi connectivity index (χ2v) is 8.85. The lowest BCUT2D eigenvalue weighted by atomic mass is 9.97. The Morgan fingerprint density at radius 1 is 0.935 bits per heavy atom. The molecule has 0 bridgehead atoms. The zero-order chi connectivity index (χ0) is 21.4. The van der Waals surface area contributed by atoms with Crippen LogP contribution >= 0.6 is 0 Å². The van der Waals surface area contributed by atoms with Gasteiger partial charge in [-0.2, -0.15) is 0 Å². The van der Waals surface area contributed by atoms with Crippen LogP contribution in [0.2, 0.25) is 0 Å². The molecule has 0 radical (unpaired) electrons. The summed E-state index contributed by atoms with van der Waals surface area (Å²) in [6.07, 6.45) is 3.36. The molecule has 31 heavy (non-hydrogen) atoms. The zero-order valence-electron chi connectivity index (χ0n) is 18.1. The highest BCUT2D eigenvalue weighted by Gasteiger charge is 2.18. The largest absolute Gasteiger partial charge is 0.354 e. The van der Waals surface area contributed by atoms with Crippen LogP contribution in [0.4, 0.5) is 0 Å². The average molecular weight is 415 g/mol. The van der Waals surface area contributed by atoms with Gasteiger partial charge in [-0.15, -0.1) is 0 Å². The van der Waals surface area contributed by atoms with E-state index in [-0.39, 0.29) is 5.56 Å². The number of likely N-dealkylation sites (tertiary alicyclic amines) is 1. The molecule has 2 aromatic carbocycles. The number of hydrogen-bond acceptors (Lipinski definition) is 3. The van der Waals surface area contributed by atoms with Gasteiger partial charge in [-0.1, -0.05) is 19.1 Å².